The summed E-state index contributed by atoms with van der Waals surface area (Å²) in [6.45, 7) is 5.00. The number of anilines is 2. The Kier molecular flexibility index (Phi) is 5.51. The molecule has 2 aliphatic heterocycles. The molecule has 0 aromatic carbocycles. The zero-order valence-electron chi connectivity index (χ0n) is 18.7. The van der Waals surface area contributed by atoms with Crippen molar-refractivity contribution in [2.24, 2.45) is 5.73 Å². The van der Waals surface area contributed by atoms with E-state index in [-0.39, 0.29) is 6.61 Å². The molecule has 2 aromatic heterocycles. The molecule has 4 heterocycles. The fourth-order valence-corrected chi connectivity index (χ4v) is 5.32. The quantitative estimate of drug-likeness (QED) is 0.624. The van der Waals surface area contributed by atoms with Crippen molar-refractivity contribution in [2.75, 3.05) is 35.7 Å². The molecule has 1 amide bonds. The number of carbonyl (C=O) groups excluding carboxylic acids is 1. The Balaban J connectivity index is 1.36. The molecule has 0 bridgehead atoms. The summed E-state index contributed by atoms with van der Waals surface area (Å²) in [5.41, 5.74) is 7.48. The minimum atomic E-state index is -1.18. The van der Waals surface area contributed by atoms with Crippen LogP contribution in [0.25, 0.3) is 5.57 Å². The summed E-state index contributed by atoms with van der Waals surface area (Å²) in [7, 11) is -1.18. The van der Waals surface area contributed by atoms with Gasteiger partial charge < -0.3 is 20.7 Å². The van der Waals surface area contributed by atoms with Crippen LogP contribution in [0.4, 0.5) is 16.6 Å². The van der Waals surface area contributed by atoms with Gasteiger partial charge in [-0.25, -0.2) is 19.7 Å². The summed E-state index contributed by atoms with van der Waals surface area (Å²) in [6, 6.07) is 0. The lowest BCUT2D eigenvalue weighted by atomic mass is 10.1. The number of aromatic nitrogens is 4. The predicted molar refractivity (Wildman–Crippen MR) is 124 cm³/mol. The molecule has 1 saturated carbocycles. The summed E-state index contributed by atoms with van der Waals surface area (Å²) in [6.07, 6.45) is 8.20. The molecule has 1 atom stereocenters. The summed E-state index contributed by atoms with van der Waals surface area (Å²) in [5.74, 6) is 2.93. The Morgan fingerprint density at radius 3 is 2.76 bits per heavy atom. The molecule has 33 heavy (non-hydrogen) atoms. The predicted octanol–water partition coefficient (Wildman–Crippen LogP) is 2.00. The third-order valence-electron chi connectivity index (χ3n) is 5.92. The topological polar surface area (TPSA) is 136 Å². The van der Waals surface area contributed by atoms with E-state index in [2.05, 4.69) is 21.4 Å². The second-order valence-electron chi connectivity index (χ2n) is 9.29. The molecular formula is C22H27N7O3S. The monoisotopic (exact) mass is 469 g/mol. The van der Waals surface area contributed by atoms with Crippen LogP contribution in [0, 0.1) is 0 Å². The smallest absolute Gasteiger partial charge is 0.404 e. The average molecular weight is 470 g/mol. The Labute approximate surface area is 194 Å². The summed E-state index contributed by atoms with van der Waals surface area (Å²) in [4.78, 5) is 32.3. The third-order valence-corrected chi connectivity index (χ3v) is 7.38. The molecular weight excluding hydrogens is 442 g/mol. The lowest BCUT2D eigenvalue weighted by Crippen LogP contribution is -2.39. The Hall–Kier alpha value is -3.08. The van der Waals surface area contributed by atoms with Gasteiger partial charge in [0, 0.05) is 43.2 Å². The Morgan fingerprint density at radius 2 is 2.06 bits per heavy atom. The van der Waals surface area contributed by atoms with Gasteiger partial charge in [-0.3, -0.25) is 4.21 Å². The van der Waals surface area contributed by atoms with Crippen LogP contribution in [0.5, 0.6) is 0 Å². The van der Waals surface area contributed by atoms with E-state index in [0.717, 1.165) is 17.1 Å². The lowest BCUT2D eigenvalue weighted by Gasteiger charge is -2.27. The Bertz CT molecular complexity index is 1150. The molecule has 11 heteroatoms. The maximum atomic E-state index is 12.6. The van der Waals surface area contributed by atoms with Gasteiger partial charge in [0.05, 0.1) is 22.0 Å². The van der Waals surface area contributed by atoms with Gasteiger partial charge in [-0.15, -0.1) is 0 Å². The molecule has 3 N–H and O–H groups in total. The molecule has 10 nitrogen and oxygen atoms in total. The van der Waals surface area contributed by atoms with Crippen molar-refractivity contribution >= 4 is 34.2 Å². The second-order valence-corrected chi connectivity index (χ2v) is 10.8. The number of amides is 1. The van der Waals surface area contributed by atoms with Crippen molar-refractivity contribution in [1.29, 1.82) is 0 Å². The third kappa shape index (κ3) is 4.68. The van der Waals surface area contributed by atoms with Gasteiger partial charge in [0.25, 0.3) is 0 Å². The van der Waals surface area contributed by atoms with E-state index in [1.165, 1.54) is 18.4 Å². The minimum Gasteiger partial charge on any atom is -0.447 e. The first-order valence-corrected chi connectivity index (χ1v) is 12.4. The summed E-state index contributed by atoms with van der Waals surface area (Å²) in [5, 5.41) is 3.29. The van der Waals surface area contributed by atoms with E-state index in [0.29, 0.717) is 47.8 Å². The summed E-state index contributed by atoms with van der Waals surface area (Å²) >= 11 is 0. The van der Waals surface area contributed by atoms with E-state index in [1.54, 1.807) is 0 Å². The Morgan fingerprint density at radius 1 is 1.30 bits per heavy atom. The number of hydrogen-bond acceptors (Lipinski definition) is 9. The highest BCUT2D eigenvalue weighted by Gasteiger charge is 2.31. The van der Waals surface area contributed by atoms with Crippen molar-refractivity contribution in [2.45, 2.75) is 49.5 Å². The van der Waals surface area contributed by atoms with Crippen LogP contribution in [0.3, 0.4) is 0 Å². The van der Waals surface area contributed by atoms with Crippen molar-refractivity contribution in [1.82, 2.24) is 19.9 Å². The molecule has 0 radical (unpaired) electrons. The molecule has 0 spiro atoms. The normalized spacial score (nSPS) is 19.9. The highest BCUT2D eigenvalue weighted by atomic mass is 32.2. The molecule has 1 aliphatic carbocycles. The molecule has 2 aromatic rings. The number of fused-ring (bicyclic) bond motifs is 1. The number of aryl methyl sites for hydroxylation is 1. The number of ether oxygens (including phenoxy) is 1. The number of primary amides is 1. The van der Waals surface area contributed by atoms with E-state index in [4.69, 9.17) is 20.4 Å². The van der Waals surface area contributed by atoms with Gasteiger partial charge >= 0.3 is 6.09 Å². The van der Waals surface area contributed by atoms with Gasteiger partial charge in [-0.2, -0.15) is 4.98 Å². The SMILES string of the molecule is CC(C)(COC(N)=O)Nc1nc(N2CC=C(c3ncc(C4CC4)cn3)C2)nc2c1[S@](=O)CC2. The van der Waals surface area contributed by atoms with Gasteiger partial charge in [-0.1, -0.05) is 6.08 Å². The fraction of sp³-hybridized carbons (Fsp3) is 0.500. The first kappa shape index (κ1) is 21.7. The maximum absolute atomic E-state index is 12.6. The van der Waals surface area contributed by atoms with Gasteiger partial charge in [-0.05, 0) is 38.2 Å². The zero-order chi connectivity index (χ0) is 23.2. The van der Waals surface area contributed by atoms with Crippen molar-refractivity contribution in [3.05, 3.63) is 35.6 Å². The molecule has 1 fully saturated rings. The van der Waals surface area contributed by atoms with Crippen LogP contribution in [-0.4, -0.2) is 61.2 Å². The molecule has 174 valence electrons. The second kappa shape index (κ2) is 8.36. The van der Waals surface area contributed by atoms with Crippen LogP contribution in [0.15, 0.2) is 23.4 Å². The number of nitrogens with two attached hydrogens (primary N) is 1. The largest absolute Gasteiger partial charge is 0.447 e. The highest BCUT2D eigenvalue weighted by Crippen LogP contribution is 2.39. The molecule has 0 unspecified atom stereocenters. The van der Waals surface area contributed by atoms with Crippen LogP contribution in [0.1, 0.15) is 49.7 Å². The van der Waals surface area contributed by atoms with E-state index in [1.807, 2.05) is 31.1 Å². The summed E-state index contributed by atoms with van der Waals surface area (Å²) < 4.78 is 17.6. The van der Waals surface area contributed by atoms with Crippen LogP contribution in [-0.2, 0) is 22.0 Å². The lowest BCUT2D eigenvalue weighted by molar-refractivity contribution is 0.138. The highest BCUT2D eigenvalue weighted by molar-refractivity contribution is 7.85. The molecule has 5 rings (SSSR count). The van der Waals surface area contributed by atoms with Gasteiger partial charge in [0.1, 0.15) is 17.3 Å². The first-order chi connectivity index (χ1) is 15.8. The zero-order valence-corrected chi connectivity index (χ0v) is 19.5. The van der Waals surface area contributed by atoms with Crippen molar-refractivity contribution in [3.63, 3.8) is 0 Å². The van der Waals surface area contributed by atoms with E-state index < -0.39 is 22.4 Å². The first-order valence-electron chi connectivity index (χ1n) is 11.0. The maximum Gasteiger partial charge on any atom is 0.404 e. The molecule has 0 saturated heterocycles. The van der Waals surface area contributed by atoms with Crippen molar-refractivity contribution < 1.29 is 13.7 Å². The average Bonchev–Trinajstić information content (AvgIpc) is 3.39. The van der Waals surface area contributed by atoms with Crippen LogP contribution in [0.2, 0.25) is 0 Å². The number of carbonyl (C=O) groups is 1. The molecule has 3 aliphatic rings. The number of hydrogen-bond donors (Lipinski definition) is 2. The van der Waals surface area contributed by atoms with E-state index >= 15 is 0 Å². The van der Waals surface area contributed by atoms with Gasteiger partial charge in [0.2, 0.25) is 5.95 Å². The standard InChI is InChI=1S/C22H27N7O3S/c1-22(2,12-32-20(23)30)28-19-17-16(6-8-33(17)31)26-21(27-19)29-7-5-14(11-29)18-24-9-15(10-25-18)13-3-4-13/h5,9-10,13H,3-4,6-8,11-12H2,1-2H3,(H2,23,30)(H,26,27,28)/t33-/m1/s1. The number of nitrogens with one attached hydrogen (secondary N) is 1. The fourth-order valence-electron chi connectivity index (χ4n) is 4.02. The van der Waals surface area contributed by atoms with Crippen molar-refractivity contribution in [3.8, 4) is 0 Å². The number of rotatable bonds is 7. The van der Waals surface area contributed by atoms with Gasteiger partial charge in [0.15, 0.2) is 5.82 Å². The van der Waals surface area contributed by atoms with E-state index in [9.17, 15) is 9.00 Å². The van der Waals surface area contributed by atoms with Crippen LogP contribution < -0.4 is 16.0 Å². The minimum absolute atomic E-state index is 0.0483. The van der Waals surface area contributed by atoms with Crippen LogP contribution >= 0.6 is 0 Å². The number of nitrogens with zero attached hydrogens (tertiary/aromatic N) is 5.